The van der Waals surface area contributed by atoms with E-state index in [2.05, 4.69) is 5.32 Å². The highest BCUT2D eigenvalue weighted by atomic mass is 35.5. The van der Waals surface area contributed by atoms with Gasteiger partial charge >= 0.3 is 6.18 Å². The average Bonchev–Trinajstić information content (AvgIpc) is 2.47. The number of hydrogen-bond donors (Lipinski definition) is 1. The highest BCUT2D eigenvalue weighted by Crippen LogP contribution is 2.18. The molecule has 1 aromatic carbocycles. The highest BCUT2D eigenvalue weighted by molar-refractivity contribution is 5.85. The summed E-state index contributed by atoms with van der Waals surface area (Å²) in [4.78, 5) is 15.0. The number of carbonyl (C=O) groups excluding carboxylic acids is 1. The highest BCUT2D eigenvalue weighted by Gasteiger charge is 2.33. The van der Waals surface area contributed by atoms with Crippen LogP contribution in [0.15, 0.2) is 30.3 Å². The molecule has 24 heavy (non-hydrogen) atoms. The maximum absolute atomic E-state index is 12.7. The fourth-order valence-corrected chi connectivity index (χ4v) is 2.41. The zero-order valence-corrected chi connectivity index (χ0v) is 14.7. The zero-order valence-electron chi connectivity index (χ0n) is 13.1. The summed E-state index contributed by atoms with van der Waals surface area (Å²) in [6.07, 6.45) is -4.39. The van der Waals surface area contributed by atoms with E-state index in [-0.39, 0.29) is 37.9 Å². The first-order valence-corrected chi connectivity index (χ1v) is 7.25. The first kappa shape index (κ1) is 23.0. The average molecular weight is 388 g/mol. The van der Waals surface area contributed by atoms with Crippen molar-refractivity contribution in [2.45, 2.75) is 12.7 Å². The summed E-state index contributed by atoms with van der Waals surface area (Å²) >= 11 is 0. The van der Waals surface area contributed by atoms with Crippen LogP contribution in [0.3, 0.4) is 0 Å². The molecule has 9 heteroatoms. The van der Waals surface area contributed by atoms with E-state index in [0.29, 0.717) is 18.7 Å². The van der Waals surface area contributed by atoms with Gasteiger partial charge in [-0.25, -0.2) is 0 Å². The molecule has 138 valence electrons. The predicted octanol–water partition coefficient (Wildman–Crippen LogP) is 2.33. The van der Waals surface area contributed by atoms with Gasteiger partial charge in [0.2, 0.25) is 5.91 Å². The fourth-order valence-electron chi connectivity index (χ4n) is 2.41. The molecule has 0 spiro atoms. The molecule has 0 radical (unpaired) electrons. The number of rotatable bonds is 5. The van der Waals surface area contributed by atoms with Crippen LogP contribution in [0.2, 0.25) is 0 Å². The van der Waals surface area contributed by atoms with Gasteiger partial charge in [0.1, 0.15) is 6.54 Å². The van der Waals surface area contributed by atoms with Crippen molar-refractivity contribution >= 4 is 30.7 Å². The summed E-state index contributed by atoms with van der Waals surface area (Å²) in [5.74, 6) is -0.483. The zero-order chi connectivity index (χ0) is 16.0. The number of nitrogens with zero attached hydrogens (tertiary/aromatic N) is 2. The molecule has 0 bridgehead atoms. The van der Waals surface area contributed by atoms with Crippen molar-refractivity contribution in [3.8, 4) is 0 Å². The molecular weight excluding hydrogens is 366 g/mol. The predicted molar refractivity (Wildman–Crippen MR) is 91.7 cm³/mol. The van der Waals surface area contributed by atoms with Crippen molar-refractivity contribution in [1.29, 1.82) is 0 Å². The van der Waals surface area contributed by atoms with Crippen LogP contribution < -0.4 is 5.32 Å². The molecule has 4 nitrogen and oxygen atoms in total. The second-order valence-corrected chi connectivity index (χ2v) is 5.38. The van der Waals surface area contributed by atoms with Crippen LogP contribution in [0.25, 0.3) is 0 Å². The minimum Gasteiger partial charge on any atom is -0.328 e. The smallest absolute Gasteiger partial charge is 0.328 e. The molecule has 1 aliphatic heterocycles. The Bertz CT molecular complexity index is 483. The third-order valence-corrected chi connectivity index (χ3v) is 3.51. The van der Waals surface area contributed by atoms with Crippen LogP contribution in [0.5, 0.6) is 0 Å². The Morgan fingerprint density at radius 1 is 1.12 bits per heavy atom. The van der Waals surface area contributed by atoms with Crippen molar-refractivity contribution in [3.05, 3.63) is 35.9 Å². The Hall–Kier alpha value is -1.02. The maximum atomic E-state index is 12.7. The monoisotopic (exact) mass is 387 g/mol. The lowest BCUT2D eigenvalue weighted by Gasteiger charge is -2.30. The van der Waals surface area contributed by atoms with Crippen molar-refractivity contribution in [2.24, 2.45) is 0 Å². The third kappa shape index (κ3) is 8.19. The van der Waals surface area contributed by atoms with E-state index in [1.165, 1.54) is 0 Å². The van der Waals surface area contributed by atoms with E-state index in [0.717, 1.165) is 18.0 Å². The second-order valence-electron chi connectivity index (χ2n) is 5.38. The van der Waals surface area contributed by atoms with Gasteiger partial charge < -0.3 is 10.2 Å². The summed E-state index contributed by atoms with van der Waals surface area (Å²) < 4.78 is 38.2. The normalized spacial score (nSPS) is 15.1. The second kappa shape index (κ2) is 10.8. The number of halogens is 5. The number of carbonyl (C=O) groups is 1. The topological polar surface area (TPSA) is 35.6 Å². The molecule has 1 saturated heterocycles. The van der Waals surface area contributed by atoms with E-state index < -0.39 is 18.6 Å². The molecule has 1 amide bonds. The molecule has 0 aromatic heterocycles. The number of benzene rings is 1. The minimum atomic E-state index is -4.39. The summed E-state index contributed by atoms with van der Waals surface area (Å²) in [5.41, 5.74) is 0.695. The van der Waals surface area contributed by atoms with Crippen molar-refractivity contribution in [2.75, 3.05) is 39.3 Å². The van der Waals surface area contributed by atoms with Gasteiger partial charge in [-0.15, -0.1) is 24.8 Å². The number of nitrogens with one attached hydrogen (secondary N) is 1. The van der Waals surface area contributed by atoms with E-state index in [1.807, 2.05) is 4.90 Å². The Morgan fingerprint density at radius 3 is 2.25 bits per heavy atom. The van der Waals surface area contributed by atoms with E-state index in [9.17, 15) is 18.0 Å². The molecule has 1 aromatic rings. The molecule has 1 fully saturated rings. The molecule has 0 saturated carbocycles. The molecular formula is C15H22Cl2F3N3O. The van der Waals surface area contributed by atoms with Crippen LogP contribution in [-0.2, 0) is 11.3 Å². The third-order valence-electron chi connectivity index (χ3n) is 3.51. The van der Waals surface area contributed by atoms with E-state index in [1.54, 1.807) is 30.3 Å². The van der Waals surface area contributed by atoms with Gasteiger partial charge in [0.05, 0.1) is 6.54 Å². The summed E-state index contributed by atoms with van der Waals surface area (Å²) in [6.45, 7) is 1.66. The maximum Gasteiger partial charge on any atom is 0.406 e. The SMILES string of the molecule is Cl.Cl.O=C(CN1CCNCC1)N(Cc1ccccc1)CC(F)(F)F. The van der Waals surface area contributed by atoms with E-state index >= 15 is 0 Å². The Balaban J connectivity index is 0.00000264. The van der Waals surface area contributed by atoms with E-state index in [4.69, 9.17) is 0 Å². The Kier molecular flexibility index (Phi) is 10.3. The largest absolute Gasteiger partial charge is 0.406 e. The molecule has 1 aliphatic rings. The summed E-state index contributed by atoms with van der Waals surface area (Å²) in [5, 5.41) is 3.15. The van der Waals surface area contributed by atoms with Gasteiger partial charge in [-0.3, -0.25) is 9.69 Å². The first-order valence-electron chi connectivity index (χ1n) is 7.25. The molecule has 1 N–H and O–H groups in total. The van der Waals surface area contributed by atoms with Crippen molar-refractivity contribution in [3.63, 3.8) is 0 Å². The fraction of sp³-hybridized carbons (Fsp3) is 0.533. The van der Waals surface area contributed by atoms with Gasteiger partial charge in [0, 0.05) is 32.7 Å². The van der Waals surface area contributed by atoms with Crippen molar-refractivity contribution < 1.29 is 18.0 Å². The van der Waals surface area contributed by atoms with Gasteiger partial charge in [-0.2, -0.15) is 13.2 Å². The van der Waals surface area contributed by atoms with Gasteiger partial charge in [-0.05, 0) is 5.56 Å². The molecule has 0 unspecified atom stereocenters. The molecule has 0 atom stereocenters. The number of hydrogen-bond acceptors (Lipinski definition) is 3. The van der Waals surface area contributed by atoms with Gasteiger partial charge in [-0.1, -0.05) is 30.3 Å². The number of alkyl halides is 3. The lowest BCUT2D eigenvalue weighted by molar-refractivity contribution is -0.163. The number of piperazine rings is 1. The molecule has 2 rings (SSSR count). The minimum absolute atomic E-state index is 0. The van der Waals surface area contributed by atoms with Crippen molar-refractivity contribution in [1.82, 2.24) is 15.1 Å². The van der Waals surface area contributed by atoms with Gasteiger partial charge in [0.25, 0.3) is 0 Å². The molecule has 0 aliphatic carbocycles. The number of amides is 1. The lowest BCUT2D eigenvalue weighted by atomic mass is 10.2. The molecule has 1 heterocycles. The van der Waals surface area contributed by atoms with Crippen LogP contribution in [0, 0.1) is 0 Å². The summed E-state index contributed by atoms with van der Waals surface area (Å²) in [7, 11) is 0. The Labute approximate surface area is 152 Å². The van der Waals surface area contributed by atoms with Crippen LogP contribution in [-0.4, -0.2) is 61.2 Å². The van der Waals surface area contributed by atoms with Gasteiger partial charge in [0.15, 0.2) is 0 Å². The summed E-state index contributed by atoms with van der Waals surface area (Å²) in [6, 6.07) is 8.74. The standard InChI is InChI=1S/C15H20F3N3O.2ClH/c16-15(17,18)12-21(10-13-4-2-1-3-5-13)14(22)11-20-8-6-19-7-9-20;;/h1-5,19H,6-12H2;2*1H. The quantitative estimate of drug-likeness (QED) is 0.841. The van der Waals surface area contributed by atoms with Crippen LogP contribution >= 0.6 is 24.8 Å². The lowest BCUT2D eigenvalue weighted by Crippen LogP contribution is -2.49. The Morgan fingerprint density at radius 2 is 1.71 bits per heavy atom. The van der Waals surface area contributed by atoms with Crippen LogP contribution in [0.1, 0.15) is 5.56 Å². The first-order chi connectivity index (χ1) is 10.4. The van der Waals surface area contributed by atoms with Crippen LogP contribution in [0.4, 0.5) is 13.2 Å².